The third-order valence-corrected chi connectivity index (χ3v) is 15.4. The van der Waals surface area contributed by atoms with Gasteiger partial charge < -0.3 is 34.2 Å². The molecule has 0 aliphatic carbocycles. The van der Waals surface area contributed by atoms with Crippen LogP contribution < -0.4 is 0 Å². The molecular weight excluding hydrogens is 1270 g/mol. The summed E-state index contributed by atoms with van der Waals surface area (Å²) in [4.78, 5) is 58.5. The van der Waals surface area contributed by atoms with Crippen molar-refractivity contribution < 1.29 is 75.8 Å². The number of esters is 3. The molecule has 0 saturated heterocycles. The van der Waals surface area contributed by atoms with Gasteiger partial charge in [-0.05, 0) is 154 Å². The molecule has 0 saturated carbocycles. The minimum atomic E-state index is -4.97. The van der Waals surface area contributed by atoms with Gasteiger partial charge in [-0.25, -0.2) is 9.13 Å². The molecule has 0 radical (unpaired) electrons. The first kappa shape index (κ1) is 91.1. The van der Waals surface area contributed by atoms with E-state index in [1.165, 1.54) is 0 Å². The quantitative estimate of drug-likeness (QED) is 0.0146. The molecule has 97 heavy (non-hydrogen) atoms. The fourth-order valence-electron chi connectivity index (χ4n) is 8.21. The molecule has 0 fully saturated rings. The van der Waals surface area contributed by atoms with Crippen molar-refractivity contribution in [1.29, 1.82) is 0 Å². The van der Waals surface area contributed by atoms with Crippen LogP contribution in [0.15, 0.2) is 207 Å². The molecule has 0 heterocycles. The Bertz CT molecular complexity index is 2590. The Morgan fingerprint density at radius 2 is 0.536 bits per heavy atom. The first-order valence-electron chi connectivity index (χ1n) is 35.4. The van der Waals surface area contributed by atoms with E-state index < -0.39 is 91.5 Å². The van der Waals surface area contributed by atoms with Crippen molar-refractivity contribution in [2.75, 3.05) is 39.6 Å². The molecule has 0 aliphatic heterocycles. The Balaban J connectivity index is 4.84. The molecule has 0 amide bonds. The van der Waals surface area contributed by atoms with E-state index >= 15 is 0 Å². The number of aliphatic hydroxyl groups excluding tert-OH is 2. The van der Waals surface area contributed by atoms with Gasteiger partial charge in [-0.2, -0.15) is 0 Å². The maximum Gasteiger partial charge on any atom is 0.472 e. The lowest BCUT2D eigenvalue weighted by Gasteiger charge is -2.21. The Hall–Kier alpha value is -5.87. The van der Waals surface area contributed by atoms with Crippen molar-refractivity contribution in [2.45, 2.75) is 232 Å². The van der Waals surface area contributed by atoms with Gasteiger partial charge in [0.1, 0.15) is 25.4 Å². The Kier molecular flexibility index (Phi) is 65.8. The Labute approximate surface area is 584 Å². The first-order chi connectivity index (χ1) is 47.2. The highest BCUT2D eigenvalue weighted by atomic mass is 31.2. The van der Waals surface area contributed by atoms with Gasteiger partial charge in [0.15, 0.2) is 6.10 Å². The SMILES string of the molecule is CC/C=C\C/C=C\C/C=C\C/C=C\C/C=C\C/C=C\CCCCCCC(=O)OCC(O)COP(=O)(O)OCC(O)COP(=O)(O)OCC(COC(=O)CC/C=C\C/C=C\C/C=C\C/C=C\C/C=C\C/C=C\CC)OC(=O)CCCCC/C=C\C/C=C\C/C=C\C/C=C\C/C=C\CC. The number of rotatable bonds is 64. The van der Waals surface area contributed by atoms with Crippen molar-refractivity contribution in [3.63, 3.8) is 0 Å². The highest BCUT2D eigenvalue weighted by Gasteiger charge is 2.29. The zero-order chi connectivity index (χ0) is 70.9. The molecule has 0 aliphatic rings. The number of unbranched alkanes of at least 4 members (excludes halogenated alkanes) is 7. The zero-order valence-electron chi connectivity index (χ0n) is 58.9. The van der Waals surface area contributed by atoms with Crippen molar-refractivity contribution in [3.8, 4) is 0 Å². The smallest absolute Gasteiger partial charge is 0.463 e. The number of carbonyl (C=O) groups excluding carboxylic acids is 3. The van der Waals surface area contributed by atoms with Crippen LogP contribution in [0.5, 0.6) is 0 Å². The molecule has 18 heteroatoms. The highest BCUT2D eigenvalue weighted by Crippen LogP contribution is 2.45. The minimum absolute atomic E-state index is 0.0272. The molecule has 0 aromatic heterocycles. The lowest BCUT2D eigenvalue weighted by atomic mass is 10.1. The summed E-state index contributed by atoms with van der Waals surface area (Å²) in [6, 6.07) is 0. The van der Waals surface area contributed by atoms with Crippen LogP contribution in [-0.2, 0) is 55.8 Å². The predicted molar refractivity (Wildman–Crippen MR) is 398 cm³/mol. The van der Waals surface area contributed by atoms with Crippen LogP contribution in [0.2, 0.25) is 0 Å². The van der Waals surface area contributed by atoms with Gasteiger partial charge in [0.2, 0.25) is 0 Å². The molecule has 16 nitrogen and oxygen atoms in total. The number of phosphoric ester groups is 2. The summed E-state index contributed by atoms with van der Waals surface area (Å²) in [7, 11) is -9.85. The number of carbonyl (C=O) groups is 3. The van der Waals surface area contributed by atoms with Gasteiger partial charge in [-0.1, -0.05) is 247 Å². The summed E-state index contributed by atoms with van der Waals surface area (Å²) in [5.74, 6) is -1.76. The summed E-state index contributed by atoms with van der Waals surface area (Å²) in [5.41, 5.74) is 0. The standard InChI is InChI=1S/C79H122O16P2/c1-4-7-10-13-16-19-22-25-28-31-34-35-36-37-40-42-44-47-50-53-56-59-62-65-77(82)89-68-74(80)69-91-96(85,86)92-70-75(81)71-93-97(87,88)94-73-76(95-79(84)67-64-61-58-55-52-49-46-43-39-33-30-27-24-21-18-15-12-9-6-3)72-90-78(83)66-63-60-57-54-51-48-45-41-38-32-29-26-23-20-17-14-11-8-5-2/h7-12,16-21,25-30,34-35,37-41,43-44,47-49,51-52,57,60,74-76,80-81H,4-6,13-15,22-24,31-33,36,42,45-46,50,53-56,58-59,61-73H2,1-3H3,(H,85,86)(H,87,88)/b10-7-,11-8-,12-9-,19-16-,20-17-,21-18-,28-25-,29-26-,30-27-,35-34-,40-37-,41-38-,43-39-,47-44-,51-48-,52-49-,60-57-. The average Bonchev–Trinajstić information content (AvgIpc) is 1.81. The van der Waals surface area contributed by atoms with Gasteiger partial charge >= 0.3 is 33.6 Å². The van der Waals surface area contributed by atoms with E-state index in [1.54, 1.807) is 0 Å². The molecule has 5 atom stereocenters. The Morgan fingerprint density at radius 3 is 0.876 bits per heavy atom. The second-order valence-corrected chi connectivity index (χ2v) is 25.4. The van der Waals surface area contributed by atoms with Crippen LogP contribution in [0.4, 0.5) is 0 Å². The second-order valence-electron chi connectivity index (χ2n) is 22.5. The molecule has 0 rings (SSSR count). The molecule has 0 spiro atoms. The summed E-state index contributed by atoms with van der Waals surface area (Å²) in [6.07, 6.45) is 91.7. The van der Waals surface area contributed by atoms with Crippen LogP contribution in [0.3, 0.4) is 0 Å². The number of aliphatic hydroxyl groups is 2. The van der Waals surface area contributed by atoms with Gasteiger partial charge in [0, 0.05) is 19.3 Å². The first-order valence-corrected chi connectivity index (χ1v) is 38.4. The highest BCUT2D eigenvalue weighted by molar-refractivity contribution is 7.47. The predicted octanol–water partition coefficient (Wildman–Crippen LogP) is 20.2. The molecule has 4 N–H and O–H groups in total. The monoisotopic (exact) mass is 1390 g/mol. The van der Waals surface area contributed by atoms with Gasteiger partial charge in [-0.15, -0.1) is 0 Å². The van der Waals surface area contributed by atoms with E-state index in [0.29, 0.717) is 25.7 Å². The average molecular weight is 1390 g/mol. The van der Waals surface area contributed by atoms with Crippen molar-refractivity contribution in [1.82, 2.24) is 0 Å². The lowest BCUT2D eigenvalue weighted by Crippen LogP contribution is -2.30. The number of hydrogen-bond acceptors (Lipinski definition) is 14. The van der Waals surface area contributed by atoms with E-state index in [1.807, 2.05) is 18.2 Å². The number of phosphoric acid groups is 2. The second kappa shape index (κ2) is 70.0. The van der Waals surface area contributed by atoms with Gasteiger partial charge in [0.25, 0.3) is 0 Å². The third-order valence-electron chi connectivity index (χ3n) is 13.5. The topological polar surface area (TPSA) is 231 Å². The molecule has 0 aromatic carbocycles. The van der Waals surface area contributed by atoms with Crippen LogP contribution in [0, 0.1) is 0 Å². The van der Waals surface area contributed by atoms with Gasteiger partial charge in [-0.3, -0.25) is 32.5 Å². The van der Waals surface area contributed by atoms with Crippen molar-refractivity contribution >= 4 is 33.6 Å². The Morgan fingerprint density at radius 1 is 0.289 bits per heavy atom. The number of ether oxygens (including phenoxy) is 3. The van der Waals surface area contributed by atoms with Crippen molar-refractivity contribution in [2.24, 2.45) is 0 Å². The lowest BCUT2D eigenvalue weighted by molar-refractivity contribution is -0.161. The number of hydrogen-bond donors (Lipinski definition) is 4. The summed E-state index contributed by atoms with van der Waals surface area (Å²) < 4.78 is 60.8. The third kappa shape index (κ3) is 71.2. The fourth-order valence-corrected chi connectivity index (χ4v) is 9.80. The van der Waals surface area contributed by atoms with E-state index in [0.717, 1.165) is 148 Å². The van der Waals surface area contributed by atoms with Crippen molar-refractivity contribution in [3.05, 3.63) is 207 Å². The van der Waals surface area contributed by atoms with E-state index in [4.69, 9.17) is 32.3 Å². The molecule has 5 unspecified atom stereocenters. The van der Waals surface area contributed by atoms with Crippen LogP contribution in [0.25, 0.3) is 0 Å². The summed E-state index contributed by atoms with van der Waals surface area (Å²) in [6.45, 7) is 2.11. The summed E-state index contributed by atoms with van der Waals surface area (Å²) in [5, 5.41) is 20.6. The molecule has 0 aromatic rings. The number of allylic oxidation sites excluding steroid dienone is 34. The molecular formula is C79H122O16P2. The van der Waals surface area contributed by atoms with Crippen LogP contribution >= 0.6 is 15.6 Å². The largest absolute Gasteiger partial charge is 0.472 e. The minimum Gasteiger partial charge on any atom is -0.463 e. The molecule has 0 bridgehead atoms. The van der Waals surface area contributed by atoms with Gasteiger partial charge in [0.05, 0.1) is 26.4 Å². The van der Waals surface area contributed by atoms with Crippen LogP contribution in [0.1, 0.15) is 213 Å². The normalized spacial score (nSPS) is 15.3. The van der Waals surface area contributed by atoms with Crippen LogP contribution in [-0.4, -0.2) is 95.9 Å². The maximum absolute atomic E-state index is 12.9. The molecule has 544 valence electrons. The van der Waals surface area contributed by atoms with E-state index in [-0.39, 0.29) is 19.3 Å². The van der Waals surface area contributed by atoms with E-state index in [9.17, 15) is 43.5 Å². The zero-order valence-corrected chi connectivity index (χ0v) is 60.7. The maximum atomic E-state index is 12.9. The van der Waals surface area contributed by atoms with E-state index in [2.05, 4.69) is 209 Å². The fraction of sp³-hybridized carbons (Fsp3) is 0.532. The summed E-state index contributed by atoms with van der Waals surface area (Å²) >= 11 is 0.